The lowest BCUT2D eigenvalue weighted by Crippen LogP contribution is -2.56. The van der Waals surface area contributed by atoms with E-state index in [1.807, 2.05) is 0 Å². The molecule has 0 aliphatic heterocycles. The van der Waals surface area contributed by atoms with E-state index in [0.29, 0.717) is 12.1 Å². The van der Waals surface area contributed by atoms with Crippen molar-refractivity contribution in [2.75, 3.05) is 27.2 Å². The molecule has 3 atom stereocenters. The van der Waals surface area contributed by atoms with E-state index in [2.05, 4.69) is 51.6 Å². The van der Waals surface area contributed by atoms with E-state index in [4.69, 9.17) is 0 Å². The third kappa shape index (κ3) is 3.69. The molecule has 0 radical (unpaired) electrons. The monoisotopic (exact) mass is 256 g/mol. The molecule has 0 aromatic heterocycles. The molecule has 1 fully saturated rings. The third-order valence-corrected chi connectivity index (χ3v) is 4.47. The molecule has 3 heteroatoms. The summed E-state index contributed by atoms with van der Waals surface area (Å²) in [6, 6.07) is 0.826. The molecule has 3 unspecified atom stereocenters. The van der Waals surface area contributed by atoms with Gasteiger partial charge in [-0.2, -0.15) is 0 Å². The zero-order valence-electron chi connectivity index (χ0n) is 13.1. The molecule has 1 saturated carbocycles. The van der Waals surface area contributed by atoms with Crippen LogP contribution >= 0.6 is 0 Å². The Bertz CT molecular complexity index is 253. The quantitative estimate of drug-likeness (QED) is 0.817. The van der Waals surface area contributed by atoms with Gasteiger partial charge in [0.25, 0.3) is 0 Å². The van der Waals surface area contributed by atoms with Gasteiger partial charge < -0.3 is 10.0 Å². The zero-order valence-corrected chi connectivity index (χ0v) is 13.1. The molecule has 1 N–H and O–H groups in total. The largest absolute Gasteiger partial charge is 0.391 e. The van der Waals surface area contributed by atoms with Crippen LogP contribution in [0.3, 0.4) is 0 Å². The Morgan fingerprint density at radius 1 is 1.33 bits per heavy atom. The molecule has 0 heterocycles. The maximum atomic E-state index is 10.6. The van der Waals surface area contributed by atoms with Gasteiger partial charge in [-0.1, -0.05) is 27.2 Å². The summed E-state index contributed by atoms with van der Waals surface area (Å²) in [4.78, 5) is 4.72. The molecule has 0 aromatic rings. The normalized spacial score (nSPS) is 29.8. The Balaban J connectivity index is 2.74. The first-order valence-corrected chi connectivity index (χ1v) is 7.38. The van der Waals surface area contributed by atoms with E-state index in [0.717, 1.165) is 25.9 Å². The number of aliphatic hydroxyl groups excluding tert-OH is 1. The van der Waals surface area contributed by atoms with Crippen LogP contribution in [0, 0.1) is 5.41 Å². The summed E-state index contributed by atoms with van der Waals surface area (Å²) in [6.07, 6.45) is 3.32. The highest BCUT2D eigenvalue weighted by Gasteiger charge is 2.41. The molecular formula is C15H32N2O. The van der Waals surface area contributed by atoms with Crippen molar-refractivity contribution in [2.45, 2.75) is 65.1 Å². The lowest BCUT2D eigenvalue weighted by Gasteiger charge is -2.47. The minimum Gasteiger partial charge on any atom is -0.391 e. The highest BCUT2D eigenvalue weighted by atomic mass is 16.3. The van der Waals surface area contributed by atoms with Crippen LogP contribution in [0.25, 0.3) is 0 Å². The van der Waals surface area contributed by atoms with Crippen molar-refractivity contribution in [3.63, 3.8) is 0 Å². The van der Waals surface area contributed by atoms with Crippen molar-refractivity contribution in [1.82, 2.24) is 9.80 Å². The minimum absolute atomic E-state index is 0.0637. The van der Waals surface area contributed by atoms with Crippen molar-refractivity contribution in [1.29, 1.82) is 0 Å². The first-order valence-electron chi connectivity index (χ1n) is 7.38. The summed E-state index contributed by atoms with van der Waals surface area (Å²) in [5.74, 6) is 0. The Kier molecular flexibility index (Phi) is 5.63. The van der Waals surface area contributed by atoms with Gasteiger partial charge in [-0.3, -0.25) is 4.90 Å². The van der Waals surface area contributed by atoms with Gasteiger partial charge in [-0.15, -0.1) is 0 Å². The summed E-state index contributed by atoms with van der Waals surface area (Å²) in [5, 5.41) is 10.6. The third-order valence-electron chi connectivity index (χ3n) is 4.47. The predicted molar refractivity (Wildman–Crippen MR) is 77.8 cm³/mol. The number of hydrogen-bond donors (Lipinski definition) is 1. The number of hydrogen-bond acceptors (Lipinski definition) is 3. The molecule has 3 nitrogen and oxygen atoms in total. The van der Waals surface area contributed by atoms with Crippen LogP contribution in [0.15, 0.2) is 0 Å². The number of rotatable bonds is 5. The van der Waals surface area contributed by atoms with Crippen molar-refractivity contribution >= 4 is 0 Å². The molecule has 18 heavy (non-hydrogen) atoms. The van der Waals surface area contributed by atoms with Gasteiger partial charge in [0.05, 0.1) is 6.10 Å². The molecule has 1 rings (SSSR count). The van der Waals surface area contributed by atoms with Crippen molar-refractivity contribution in [3.05, 3.63) is 0 Å². The van der Waals surface area contributed by atoms with E-state index in [9.17, 15) is 5.11 Å². The maximum absolute atomic E-state index is 10.6. The SMILES string of the molecule is CCN(C(C)CN(C)C)C1CCCC(C)(C)C1O. The summed E-state index contributed by atoms with van der Waals surface area (Å²) < 4.78 is 0. The number of aliphatic hydroxyl groups is 1. The second kappa shape index (κ2) is 6.36. The average Bonchev–Trinajstić information content (AvgIpc) is 2.24. The van der Waals surface area contributed by atoms with E-state index in [1.54, 1.807) is 0 Å². The van der Waals surface area contributed by atoms with Crippen LogP contribution in [-0.2, 0) is 0 Å². The van der Waals surface area contributed by atoms with Crippen LogP contribution < -0.4 is 0 Å². The fraction of sp³-hybridized carbons (Fsp3) is 1.00. The molecule has 0 saturated heterocycles. The van der Waals surface area contributed by atoms with Crippen molar-refractivity contribution in [3.8, 4) is 0 Å². The molecule has 0 amide bonds. The van der Waals surface area contributed by atoms with Gasteiger partial charge in [0, 0.05) is 18.6 Å². The summed E-state index contributed by atoms with van der Waals surface area (Å²) >= 11 is 0. The van der Waals surface area contributed by atoms with Gasteiger partial charge >= 0.3 is 0 Å². The zero-order chi connectivity index (χ0) is 13.9. The average molecular weight is 256 g/mol. The highest BCUT2D eigenvalue weighted by Crippen LogP contribution is 2.38. The predicted octanol–water partition coefficient (Wildman–Crippen LogP) is 2.20. The summed E-state index contributed by atoms with van der Waals surface area (Å²) in [6.45, 7) is 11.0. The van der Waals surface area contributed by atoms with Gasteiger partial charge in [0.1, 0.15) is 0 Å². The molecule has 0 spiro atoms. The van der Waals surface area contributed by atoms with Crippen LogP contribution in [0.4, 0.5) is 0 Å². The van der Waals surface area contributed by atoms with Gasteiger partial charge in [-0.25, -0.2) is 0 Å². The van der Waals surface area contributed by atoms with E-state index < -0.39 is 0 Å². The summed E-state index contributed by atoms with van der Waals surface area (Å²) in [7, 11) is 4.23. The lowest BCUT2D eigenvalue weighted by atomic mass is 9.72. The second-order valence-corrected chi connectivity index (χ2v) is 6.83. The first-order chi connectivity index (χ1) is 8.29. The Morgan fingerprint density at radius 2 is 1.94 bits per heavy atom. The smallest absolute Gasteiger partial charge is 0.0746 e. The summed E-state index contributed by atoms with van der Waals surface area (Å²) in [5.41, 5.74) is 0.0637. The topological polar surface area (TPSA) is 26.7 Å². The Morgan fingerprint density at radius 3 is 2.44 bits per heavy atom. The van der Waals surface area contributed by atoms with E-state index in [-0.39, 0.29) is 11.5 Å². The van der Waals surface area contributed by atoms with Crippen molar-refractivity contribution < 1.29 is 5.11 Å². The molecule has 0 bridgehead atoms. The molecule has 1 aliphatic carbocycles. The van der Waals surface area contributed by atoms with E-state index in [1.165, 1.54) is 6.42 Å². The molecule has 108 valence electrons. The van der Waals surface area contributed by atoms with Crippen LogP contribution in [0.1, 0.15) is 47.0 Å². The van der Waals surface area contributed by atoms with Gasteiger partial charge in [0.2, 0.25) is 0 Å². The molecule has 1 aliphatic rings. The van der Waals surface area contributed by atoms with Gasteiger partial charge in [-0.05, 0) is 45.8 Å². The van der Waals surface area contributed by atoms with E-state index >= 15 is 0 Å². The maximum Gasteiger partial charge on any atom is 0.0746 e. The lowest BCUT2D eigenvalue weighted by molar-refractivity contribution is -0.0678. The fourth-order valence-corrected chi connectivity index (χ4v) is 3.45. The molecular weight excluding hydrogens is 224 g/mol. The fourth-order valence-electron chi connectivity index (χ4n) is 3.45. The Labute approximate surface area is 113 Å². The first kappa shape index (κ1) is 15.9. The van der Waals surface area contributed by atoms with Crippen LogP contribution in [-0.4, -0.2) is 60.3 Å². The standard InChI is InChI=1S/C15H32N2O/c1-7-17(12(2)11-16(5)6)13-9-8-10-15(3,4)14(13)18/h12-14,18H,7-11H2,1-6H3. The second-order valence-electron chi connectivity index (χ2n) is 6.83. The highest BCUT2D eigenvalue weighted by molar-refractivity contribution is 4.94. The van der Waals surface area contributed by atoms with Crippen molar-refractivity contribution in [2.24, 2.45) is 5.41 Å². The Hall–Kier alpha value is -0.120. The minimum atomic E-state index is -0.198. The van der Waals surface area contributed by atoms with Crippen LogP contribution in [0.2, 0.25) is 0 Å². The number of nitrogens with zero attached hydrogens (tertiary/aromatic N) is 2. The number of likely N-dealkylation sites (N-methyl/N-ethyl adjacent to an activating group) is 2. The van der Waals surface area contributed by atoms with Crippen LogP contribution in [0.5, 0.6) is 0 Å². The molecule has 0 aromatic carbocycles. The van der Waals surface area contributed by atoms with Gasteiger partial charge in [0.15, 0.2) is 0 Å².